The number of aromatic amines is 2. The van der Waals surface area contributed by atoms with Crippen LogP contribution in [-0.4, -0.2) is 34.9 Å². The summed E-state index contributed by atoms with van der Waals surface area (Å²) in [4.78, 5) is 40.3. The number of aromatic nitrogens is 2. The quantitative estimate of drug-likeness (QED) is 0.473. The Hall–Kier alpha value is -2.92. The maximum atomic E-state index is 12.0. The number of terminal acetylenes is 1. The molecule has 1 heterocycles. The van der Waals surface area contributed by atoms with E-state index in [1.165, 1.54) is 18.2 Å². The zero-order valence-electron chi connectivity index (χ0n) is 11.4. The van der Waals surface area contributed by atoms with Crippen molar-refractivity contribution < 1.29 is 9.59 Å². The molecule has 0 unspecified atom stereocenters. The molecule has 0 spiro atoms. The van der Waals surface area contributed by atoms with Crippen LogP contribution in [0.5, 0.6) is 0 Å². The highest BCUT2D eigenvalue weighted by molar-refractivity contribution is 7.71. The average Bonchev–Trinajstić information content (AvgIpc) is 2.49. The molecule has 0 aliphatic carbocycles. The van der Waals surface area contributed by atoms with Gasteiger partial charge in [-0.3, -0.25) is 19.4 Å². The lowest BCUT2D eigenvalue weighted by Crippen LogP contribution is -2.37. The minimum atomic E-state index is -0.447. The molecule has 0 atom stereocenters. The van der Waals surface area contributed by atoms with Gasteiger partial charge in [-0.2, -0.15) is 0 Å². The molecule has 22 heavy (non-hydrogen) atoms. The van der Waals surface area contributed by atoms with Gasteiger partial charge in [-0.05, 0) is 30.4 Å². The molecule has 0 bridgehead atoms. The third-order valence-corrected chi connectivity index (χ3v) is 3.00. The lowest BCUT2D eigenvalue weighted by atomic mass is 10.1. The molecule has 0 aliphatic rings. The molecule has 1 aromatic heterocycles. The second kappa shape index (κ2) is 6.69. The zero-order chi connectivity index (χ0) is 16.1. The van der Waals surface area contributed by atoms with Crippen molar-refractivity contribution in [1.29, 1.82) is 0 Å². The van der Waals surface area contributed by atoms with E-state index < -0.39 is 5.91 Å². The molecule has 0 aliphatic heterocycles. The summed E-state index contributed by atoms with van der Waals surface area (Å²) in [6, 6.07) is 4.49. The van der Waals surface area contributed by atoms with Crippen molar-refractivity contribution in [2.24, 2.45) is 0 Å². The Bertz CT molecular complexity index is 891. The van der Waals surface area contributed by atoms with Crippen LogP contribution in [0.3, 0.4) is 0 Å². The first kappa shape index (κ1) is 15.5. The lowest BCUT2D eigenvalue weighted by molar-refractivity contribution is -0.119. The Labute approximate surface area is 130 Å². The second-order valence-corrected chi connectivity index (χ2v) is 4.74. The first-order chi connectivity index (χ1) is 10.5. The Kier molecular flexibility index (Phi) is 4.70. The van der Waals surface area contributed by atoms with E-state index in [0.717, 1.165) is 0 Å². The molecule has 8 heteroatoms. The van der Waals surface area contributed by atoms with Crippen molar-refractivity contribution in [3.05, 3.63) is 38.9 Å². The summed E-state index contributed by atoms with van der Waals surface area (Å²) in [5.74, 6) is 1.42. The average molecular weight is 316 g/mol. The SMILES string of the molecule is C#CCNC(=O)CNC(=O)c1ccc2c(=O)[nH]c(=S)[nH]c2c1. The van der Waals surface area contributed by atoms with E-state index in [1.54, 1.807) is 0 Å². The van der Waals surface area contributed by atoms with Crippen LogP contribution >= 0.6 is 12.2 Å². The van der Waals surface area contributed by atoms with Crippen LogP contribution in [0.2, 0.25) is 0 Å². The molecular weight excluding hydrogens is 304 g/mol. The summed E-state index contributed by atoms with van der Waals surface area (Å²) < 4.78 is 0.170. The van der Waals surface area contributed by atoms with Gasteiger partial charge in [0.2, 0.25) is 5.91 Å². The van der Waals surface area contributed by atoms with E-state index in [0.29, 0.717) is 16.5 Å². The van der Waals surface area contributed by atoms with Crippen molar-refractivity contribution in [3.63, 3.8) is 0 Å². The number of H-pyrrole nitrogens is 2. The molecule has 0 saturated heterocycles. The number of carbonyl (C=O) groups excluding carboxylic acids is 2. The summed E-state index contributed by atoms with van der Waals surface area (Å²) in [6.45, 7) is -0.0893. The predicted octanol–water partition coefficient (Wildman–Crippen LogP) is 0.0649. The number of hydrogen-bond acceptors (Lipinski definition) is 4. The summed E-state index contributed by atoms with van der Waals surface area (Å²) >= 11 is 4.88. The standard InChI is InChI=1S/C14H12N4O3S/c1-2-5-15-11(19)7-16-12(20)8-3-4-9-10(6-8)17-14(22)18-13(9)21/h1,3-4,6H,5,7H2,(H,15,19)(H,16,20)(H2,17,18,21,22). The first-order valence-corrected chi connectivity index (χ1v) is 6.67. The van der Waals surface area contributed by atoms with Crippen molar-refractivity contribution in [1.82, 2.24) is 20.6 Å². The molecule has 0 saturated carbocycles. The van der Waals surface area contributed by atoms with Crippen LogP contribution in [0, 0.1) is 17.1 Å². The van der Waals surface area contributed by atoms with Gasteiger partial charge in [-0.15, -0.1) is 6.42 Å². The van der Waals surface area contributed by atoms with E-state index in [-0.39, 0.29) is 29.3 Å². The van der Waals surface area contributed by atoms with Gasteiger partial charge in [-0.25, -0.2) is 0 Å². The Balaban J connectivity index is 2.16. The minimum Gasteiger partial charge on any atom is -0.344 e. The van der Waals surface area contributed by atoms with Crippen LogP contribution in [0.1, 0.15) is 10.4 Å². The monoisotopic (exact) mass is 316 g/mol. The fourth-order valence-electron chi connectivity index (χ4n) is 1.79. The van der Waals surface area contributed by atoms with Crippen LogP contribution in [-0.2, 0) is 4.79 Å². The first-order valence-electron chi connectivity index (χ1n) is 6.26. The molecule has 2 amide bonds. The molecule has 7 nitrogen and oxygen atoms in total. The van der Waals surface area contributed by atoms with E-state index >= 15 is 0 Å². The van der Waals surface area contributed by atoms with Crippen molar-refractivity contribution >= 4 is 34.9 Å². The molecule has 0 fully saturated rings. The summed E-state index contributed by atoms with van der Waals surface area (Å²) in [5, 5.41) is 5.27. The third-order valence-electron chi connectivity index (χ3n) is 2.80. The summed E-state index contributed by atoms with van der Waals surface area (Å²) in [7, 11) is 0. The van der Waals surface area contributed by atoms with Gasteiger partial charge in [0.25, 0.3) is 11.5 Å². The largest absolute Gasteiger partial charge is 0.344 e. The number of benzene rings is 1. The fraction of sp³-hybridized carbons (Fsp3) is 0.143. The van der Waals surface area contributed by atoms with Gasteiger partial charge < -0.3 is 15.6 Å². The molecule has 0 radical (unpaired) electrons. The molecule has 1 aromatic carbocycles. The second-order valence-electron chi connectivity index (χ2n) is 4.33. The molecule has 2 aromatic rings. The Morgan fingerprint density at radius 1 is 1.27 bits per heavy atom. The highest BCUT2D eigenvalue weighted by atomic mass is 32.1. The number of carbonyl (C=O) groups is 2. The molecular formula is C14H12N4O3S. The van der Waals surface area contributed by atoms with Gasteiger partial charge in [-0.1, -0.05) is 5.92 Å². The Morgan fingerprint density at radius 3 is 2.77 bits per heavy atom. The highest BCUT2D eigenvalue weighted by Gasteiger charge is 2.09. The van der Waals surface area contributed by atoms with Crippen LogP contribution < -0.4 is 16.2 Å². The number of nitrogens with one attached hydrogen (secondary N) is 4. The van der Waals surface area contributed by atoms with Gasteiger partial charge in [0, 0.05) is 5.56 Å². The van der Waals surface area contributed by atoms with Crippen LogP contribution in [0.15, 0.2) is 23.0 Å². The van der Waals surface area contributed by atoms with Gasteiger partial charge in [0.15, 0.2) is 4.77 Å². The van der Waals surface area contributed by atoms with Crippen LogP contribution in [0.25, 0.3) is 10.9 Å². The van der Waals surface area contributed by atoms with Crippen molar-refractivity contribution in [3.8, 4) is 12.3 Å². The van der Waals surface area contributed by atoms with E-state index in [1.807, 2.05) is 0 Å². The minimum absolute atomic E-state index is 0.101. The number of rotatable bonds is 4. The zero-order valence-corrected chi connectivity index (χ0v) is 12.2. The molecule has 2 rings (SSSR count). The topological polar surface area (TPSA) is 107 Å². The number of hydrogen-bond donors (Lipinski definition) is 4. The van der Waals surface area contributed by atoms with E-state index in [2.05, 4.69) is 26.5 Å². The van der Waals surface area contributed by atoms with Crippen molar-refractivity contribution in [2.45, 2.75) is 0 Å². The highest BCUT2D eigenvalue weighted by Crippen LogP contribution is 2.09. The third kappa shape index (κ3) is 3.59. The van der Waals surface area contributed by atoms with Gasteiger partial charge >= 0.3 is 0 Å². The number of fused-ring (bicyclic) bond motifs is 1. The van der Waals surface area contributed by atoms with Gasteiger partial charge in [0.1, 0.15) is 0 Å². The normalized spacial score (nSPS) is 9.95. The predicted molar refractivity (Wildman–Crippen MR) is 83.9 cm³/mol. The van der Waals surface area contributed by atoms with Crippen LogP contribution in [0.4, 0.5) is 0 Å². The number of amides is 2. The fourth-order valence-corrected chi connectivity index (χ4v) is 1.99. The summed E-state index contributed by atoms with van der Waals surface area (Å²) in [6.07, 6.45) is 5.01. The summed E-state index contributed by atoms with van der Waals surface area (Å²) in [5.41, 5.74) is 0.408. The Morgan fingerprint density at radius 2 is 2.05 bits per heavy atom. The smallest absolute Gasteiger partial charge is 0.259 e. The molecule has 112 valence electrons. The van der Waals surface area contributed by atoms with E-state index in [9.17, 15) is 14.4 Å². The maximum Gasteiger partial charge on any atom is 0.259 e. The lowest BCUT2D eigenvalue weighted by Gasteiger charge is -2.06. The van der Waals surface area contributed by atoms with Gasteiger partial charge in [0.05, 0.1) is 24.0 Å². The van der Waals surface area contributed by atoms with Crippen molar-refractivity contribution in [2.75, 3.05) is 13.1 Å². The maximum absolute atomic E-state index is 12.0. The molecule has 4 N–H and O–H groups in total. The van der Waals surface area contributed by atoms with E-state index in [4.69, 9.17) is 18.6 Å².